The van der Waals surface area contributed by atoms with Crippen LogP contribution in [0.3, 0.4) is 0 Å². The van der Waals surface area contributed by atoms with E-state index in [9.17, 15) is 31.4 Å². The molecule has 10 heteroatoms. The first-order chi connectivity index (χ1) is 11.4. The normalized spacial score (nSPS) is 20.5. The Morgan fingerprint density at radius 2 is 1.31 bits per heavy atom. The maximum atomic E-state index is 13.0. The van der Waals surface area contributed by atoms with Gasteiger partial charge in [-0.25, -0.2) is 0 Å². The van der Waals surface area contributed by atoms with Crippen molar-refractivity contribution in [2.24, 2.45) is 0 Å². The first-order valence-electron chi connectivity index (χ1n) is 7.76. The van der Waals surface area contributed by atoms with Crippen molar-refractivity contribution in [1.29, 1.82) is 0 Å². The van der Waals surface area contributed by atoms with E-state index in [1.54, 1.807) is 27.7 Å². The molecule has 0 bridgehead atoms. The van der Waals surface area contributed by atoms with Crippen LogP contribution in [-0.4, -0.2) is 35.8 Å². The van der Waals surface area contributed by atoms with Crippen LogP contribution in [0.2, 0.25) is 0 Å². The minimum atomic E-state index is -5.93. The smallest absolute Gasteiger partial charge is 0.399 e. The van der Waals surface area contributed by atoms with Gasteiger partial charge in [-0.2, -0.15) is 26.3 Å². The molecule has 1 heterocycles. The summed E-state index contributed by atoms with van der Waals surface area (Å²) in [5.74, 6) is 0. The topological polar surface area (TPSA) is 38.7 Å². The number of alkyl halides is 6. The summed E-state index contributed by atoms with van der Waals surface area (Å²) in [5, 5.41) is 9.49. The van der Waals surface area contributed by atoms with Crippen LogP contribution in [0.1, 0.15) is 38.8 Å². The number of aryl methyl sites for hydroxylation is 1. The highest BCUT2D eigenvalue weighted by Crippen LogP contribution is 2.50. The highest BCUT2D eigenvalue weighted by atomic mass is 19.4. The molecule has 1 aliphatic rings. The van der Waals surface area contributed by atoms with E-state index in [0.29, 0.717) is 17.6 Å². The molecule has 0 unspecified atom stereocenters. The first kappa shape index (κ1) is 21.0. The lowest BCUT2D eigenvalue weighted by Crippen LogP contribution is -2.54. The monoisotopic (exact) mass is 384 g/mol. The van der Waals surface area contributed by atoms with Crippen molar-refractivity contribution in [3.8, 4) is 0 Å². The lowest BCUT2D eigenvalue weighted by Gasteiger charge is -2.33. The Labute approximate surface area is 147 Å². The third-order valence-corrected chi connectivity index (χ3v) is 5.02. The molecule has 1 N–H and O–H groups in total. The van der Waals surface area contributed by atoms with Crippen LogP contribution in [0.25, 0.3) is 0 Å². The van der Waals surface area contributed by atoms with Gasteiger partial charge in [0.15, 0.2) is 0 Å². The van der Waals surface area contributed by atoms with Crippen LogP contribution in [0, 0.1) is 6.92 Å². The second kappa shape index (κ2) is 5.87. The lowest BCUT2D eigenvalue weighted by molar-refractivity contribution is -0.376. The predicted octanol–water partition coefficient (Wildman–Crippen LogP) is 3.61. The highest BCUT2D eigenvalue weighted by Gasteiger charge is 2.71. The second-order valence-electron chi connectivity index (χ2n) is 7.37. The van der Waals surface area contributed by atoms with Crippen molar-refractivity contribution in [2.45, 2.75) is 63.8 Å². The van der Waals surface area contributed by atoms with E-state index in [-0.39, 0.29) is 5.56 Å². The van der Waals surface area contributed by atoms with E-state index < -0.39 is 41.8 Å². The molecule has 0 aliphatic carbocycles. The summed E-state index contributed by atoms with van der Waals surface area (Å²) in [6, 6.07) is 2.30. The summed E-state index contributed by atoms with van der Waals surface area (Å²) >= 11 is 0. The quantitative estimate of drug-likeness (QED) is 0.626. The minimum absolute atomic E-state index is 0.0768. The number of benzene rings is 1. The van der Waals surface area contributed by atoms with Crippen molar-refractivity contribution in [1.82, 2.24) is 0 Å². The molecular formula is C16H19BF6O3. The SMILES string of the molecule is Cc1cc(C(O)(C(F)(F)F)C(F)(F)F)ccc1B1OC(C)(C)C(C)(C)O1. The van der Waals surface area contributed by atoms with Gasteiger partial charge in [0, 0.05) is 5.56 Å². The van der Waals surface area contributed by atoms with E-state index in [2.05, 4.69) is 0 Å². The fourth-order valence-electron chi connectivity index (χ4n) is 2.62. The average Bonchev–Trinajstić information content (AvgIpc) is 2.63. The molecule has 0 saturated carbocycles. The molecule has 1 fully saturated rings. The summed E-state index contributed by atoms with van der Waals surface area (Å²) in [7, 11) is -0.945. The summed E-state index contributed by atoms with van der Waals surface area (Å²) in [6.07, 6.45) is -11.9. The molecule has 146 valence electrons. The van der Waals surface area contributed by atoms with Gasteiger partial charge in [-0.15, -0.1) is 0 Å². The van der Waals surface area contributed by atoms with Gasteiger partial charge in [0.2, 0.25) is 0 Å². The zero-order valence-electron chi connectivity index (χ0n) is 14.8. The maximum absolute atomic E-state index is 13.0. The van der Waals surface area contributed by atoms with Gasteiger partial charge >= 0.3 is 19.5 Å². The fraction of sp³-hybridized carbons (Fsp3) is 0.625. The number of hydrogen-bond donors (Lipinski definition) is 1. The van der Waals surface area contributed by atoms with Gasteiger partial charge in [-0.3, -0.25) is 0 Å². The molecule has 2 rings (SSSR count). The molecule has 0 amide bonds. The molecule has 1 aliphatic heterocycles. The number of rotatable bonds is 2. The van der Waals surface area contributed by atoms with Crippen molar-refractivity contribution in [3.63, 3.8) is 0 Å². The van der Waals surface area contributed by atoms with Crippen LogP contribution in [0.5, 0.6) is 0 Å². The summed E-state index contributed by atoms with van der Waals surface area (Å²) in [5.41, 5.74) is -7.34. The Morgan fingerprint density at radius 1 is 0.885 bits per heavy atom. The zero-order valence-corrected chi connectivity index (χ0v) is 14.8. The van der Waals surface area contributed by atoms with Gasteiger partial charge < -0.3 is 14.4 Å². The summed E-state index contributed by atoms with van der Waals surface area (Å²) < 4.78 is 89.5. The average molecular weight is 384 g/mol. The highest BCUT2D eigenvalue weighted by molar-refractivity contribution is 6.62. The van der Waals surface area contributed by atoms with Gasteiger partial charge in [0.1, 0.15) is 0 Å². The van der Waals surface area contributed by atoms with E-state index in [4.69, 9.17) is 9.31 Å². The number of halogens is 6. The third-order valence-electron chi connectivity index (χ3n) is 5.02. The predicted molar refractivity (Wildman–Crippen MR) is 82.9 cm³/mol. The van der Waals surface area contributed by atoms with Crippen LogP contribution in [0.15, 0.2) is 18.2 Å². The maximum Gasteiger partial charge on any atom is 0.495 e. The molecule has 3 nitrogen and oxygen atoms in total. The van der Waals surface area contributed by atoms with Crippen molar-refractivity contribution in [2.75, 3.05) is 0 Å². The van der Waals surface area contributed by atoms with Crippen LogP contribution < -0.4 is 5.46 Å². The second-order valence-corrected chi connectivity index (χ2v) is 7.37. The zero-order chi connectivity index (χ0) is 20.3. The van der Waals surface area contributed by atoms with E-state index in [1.807, 2.05) is 0 Å². The molecule has 0 aromatic heterocycles. The van der Waals surface area contributed by atoms with Gasteiger partial charge in [-0.05, 0) is 40.1 Å². The Balaban J connectivity index is 2.48. The Hall–Kier alpha value is -1.26. The molecule has 1 aromatic rings. The Kier molecular flexibility index (Phi) is 4.75. The van der Waals surface area contributed by atoms with Gasteiger partial charge in [-0.1, -0.05) is 23.8 Å². The number of aliphatic hydroxyl groups is 1. The first-order valence-corrected chi connectivity index (χ1v) is 7.76. The lowest BCUT2D eigenvalue weighted by atomic mass is 9.74. The van der Waals surface area contributed by atoms with Crippen molar-refractivity contribution < 1.29 is 40.8 Å². The standard InChI is InChI=1S/C16H19BF6O3/c1-9-8-10(14(24,15(18,19)20)16(21,22)23)6-7-11(9)17-25-12(2,3)13(4,5)26-17/h6-8,24H,1-5H3. The van der Waals surface area contributed by atoms with Crippen molar-refractivity contribution in [3.05, 3.63) is 29.3 Å². The van der Waals surface area contributed by atoms with Gasteiger partial charge in [0.05, 0.1) is 11.2 Å². The minimum Gasteiger partial charge on any atom is -0.399 e. The Morgan fingerprint density at radius 3 is 1.65 bits per heavy atom. The van der Waals surface area contributed by atoms with Crippen molar-refractivity contribution >= 4 is 12.6 Å². The molecule has 0 radical (unpaired) electrons. The van der Waals surface area contributed by atoms with E-state index in [0.717, 1.165) is 6.07 Å². The molecule has 26 heavy (non-hydrogen) atoms. The molecule has 1 saturated heterocycles. The van der Waals surface area contributed by atoms with E-state index in [1.165, 1.54) is 6.92 Å². The van der Waals surface area contributed by atoms with Crippen LogP contribution in [-0.2, 0) is 14.9 Å². The molecule has 0 spiro atoms. The largest absolute Gasteiger partial charge is 0.495 e. The van der Waals surface area contributed by atoms with Crippen LogP contribution >= 0.6 is 0 Å². The van der Waals surface area contributed by atoms with Gasteiger partial charge in [0.25, 0.3) is 5.60 Å². The fourth-order valence-corrected chi connectivity index (χ4v) is 2.62. The Bertz CT molecular complexity index is 666. The molecular weight excluding hydrogens is 365 g/mol. The molecule has 1 aromatic carbocycles. The molecule has 0 atom stereocenters. The summed E-state index contributed by atoms with van der Waals surface area (Å²) in [6.45, 7) is 8.40. The number of hydrogen-bond acceptors (Lipinski definition) is 3. The third kappa shape index (κ3) is 3.12. The van der Waals surface area contributed by atoms with E-state index >= 15 is 0 Å². The van der Waals surface area contributed by atoms with Crippen LogP contribution in [0.4, 0.5) is 26.3 Å². The summed E-state index contributed by atoms with van der Waals surface area (Å²) in [4.78, 5) is 0.